The van der Waals surface area contributed by atoms with Crippen LogP contribution in [0, 0.1) is 11.6 Å². The Morgan fingerprint density at radius 1 is 1.42 bits per heavy atom. The SMILES string of the molecule is COCC(O)CCNC(=O)Nc1c(F)cccc1F. The van der Waals surface area contributed by atoms with Gasteiger partial charge in [0.1, 0.15) is 17.3 Å². The number of hydrogen-bond acceptors (Lipinski definition) is 3. The van der Waals surface area contributed by atoms with Gasteiger partial charge in [-0.2, -0.15) is 0 Å². The molecule has 7 heteroatoms. The van der Waals surface area contributed by atoms with Crippen LogP contribution in [0.2, 0.25) is 0 Å². The molecule has 0 saturated heterocycles. The Morgan fingerprint density at radius 3 is 2.63 bits per heavy atom. The third-order valence-corrected chi connectivity index (χ3v) is 2.32. The van der Waals surface area contributed by atoms with E-state index in [0.717, 1.165) is 12.1 Å². The van der Waals surface area contributed by atoms with E-state index in [1.165, 1.54) is 13.2 Å². The van der Waals surface area contributed by atoms with Crippen molar-refractivity contribution in [3.63, 3.8) is 0 Å². The van der Waals surface area contributed by atoms with Gasteiger partial charge in [0.25, 0.3) is 0 Å². The second-order valence-corrected chi connectivity index (χ2v) is 3.88. The van der Waals surface area contributed by atoms with Crippen molar-refractivity contribution < 1.29 is 23.4 Å². The number of aliphatic hydroxyl groups is 1. The lowest BCUT2D eigenvalue weighted by atomic mass is 10.2. The second kappa shape index (κ2) is 7.65. The fraction of sp³-hybridized carbons (Fsp3) is 0.417. The number of halogens is 2. The van der Waals surface area contributed by atoms with Crippen molar-refractivity contribution in [1.82, 2.24) is 5.32 Å². The van der Waals surface area contributed by atoms with Crippen molar-refractivity contribution in [3.05, 3.63) is 29.8 Å². The molecule has 0 bridgehead atoms. The third-order valence-electron chi connectivity index (χ3n) is 2.32. The third kappa shape index (κ3) is 5.19. The molecule has 1 aromatic rings. The summed E-state index contributed by atoms with van der Waals surface area (Å²) in [5.41, 5.74) is -0.502. The molecule has 0 aliphatic rings. The lowest BCUT2D eigenvalue weighted by Gasteiger charge is -2.11. The van der Waals surface area contributed by atoms with E-state index in [-0.39, 0.29) is 19.6 Å². The largest absolute Gasteiger partial charge is 0.391 e. The van der Waals surface area contributed by atoms with Gasteiger partial charge in [-0.25, -0.2) is 13.6 Å². The highest BCUT2D eigenvalue weighted by atomic mass is 19.1. The molecular weight excluding hydrogens is 258 g/mol. The first-order chi connectivity index (χ1) is 9.04. The van der Waals surface area contributed by atoms with Gasteiger partial charge in [0.05, 0.1) is 12.7 Å². The maximum atomic E-state index is 13.2. The summed E-state index contributed by atoms with van der Waals surface area (Å²) < 4.78 is 31.2. The van der Waals surface area contributed by atoms with Gasteiger partial charge < -0.3 is 20.5 Å². The number of anilines is 1. The first kappa shape index (κ1) is 15.3. The first-order valence-electron chi connectivity index (χ1n) is 5.70. The molecule has 0 fully saturated rings. The normalized spacial score (nSPS) is 12.0. The minimum absolute atomic E-state index is 0.158. The average Bonchev–Trinajstić information content (AvgIpc) is 2.34. The van der Waals surface area contributed by atoms with Gasteiger partial charge in [0.15, 0.2) is 0 Å². The predicted octanol–water partition coefficient (Wildman–Crippen LogP) is 1.48. The molecule has 1 atom stereocenters. The maximum Gasteiger partial charge on any atom is 0.319 e. The number of para-hydroxylation sites is 1. The van der Waals surface area contributed by atoms with Crippen LogP contribution in [0.5, 0.6) is 0 Å². The number of aliphatic hydroxyl groups excluding tert-OH is 1. The van der Waals surface area contributed by atoms with Gasteiger partial charge in [0, 0.05) is 13.7 Å². The smallest absolute Gasteiger partial charge is 0.319 e. The minimum Gasteiger partial charge on any atom is -0.391 e. The molecule has 1 unspecified atom stereocenters. The number of nitrogens with one attached hydrogen (secondary N) is 2. The number of hydrogen-bond donors (Lipinski definition) is 3. The Bertz CT molecular complexity index is 409. The zero-order valence-electron chi connectivity index (χ0n) is 10.5. The molecule has 0 spiro atoms. The molecular formula is C12H16F2N2O3. The van der Waals surface area contributed by atoms with Crippen molar-refractivity contribution in [3.8, 4) is 0 Å². The van der Waals surface area contributed by atoms with Crippen LogP contribution in [0.4, 0.5) is 19.3 Å². The summed E-state index contributed by atoms with van der Waals surface area (Å²) in [5, 5.41) is 13.8. The van der Waals surface area contributed by atoms with E-state index in [4.69, 9.17) is 4.74 Å². The summed E-state index contributed by atoms with van der Waals surface area (Å²) in [5.74, 6) is -1.70. The van der Waals surface area contributed by atoms with Crippen LogP contribution >= 0.6 is 0 Å². The fourth-order valence-corrected chi connectivity index (χ4v) is 1.40. The molecule has 2 amide bonds. The van der Waals surface area contributed by atoms with E-state index in [1.54, 1.807) is 0 Å². The van der Waals surface area contributed by atoms with E-state index in [1.807, 2.05) is 0 Å². The van der Waals surface area contributed by atoms with E-state index >= 15 is 0 Å². The number of benzene rings is 1. The number of amides is 2. The molecule has 0 aliphatic heterocycles. The molecule has 0 saturated carbocycles. The van der Waals surface area contributed by atoms with Gasteiger partial charge in [-0.15, -0.1) is 0 Å². The highest BCUT2D eigenvalue weighted by Crippen LogP contribution is 2.17. The monoisotopic (exact) mass is 274 g/mol. The quantitative estimate of drug-likeness (QED) is 0.736. The van der Waals surface area contributed by atoms with Crippen molar-refractivity contribution in [2.45, 2.75) is 12.5 Å². The summed E-state index contributed by atoms with van der Waals surface area (Å²) in [7, 11) is 1.45. The molecule has 1 aromatic carbocycles. The topological polar surface area (TPSA) is 70.6 Å². The van der Waals surface area contributed by atoms with Crippen molar-refractivity contribution in [2.75, 3.05) is 25.6 Å². The molecule has 0 aliphatic carbocycles. The molecule has 1 rings (SSSR count). The highest BCUT2D eigenvalue weighted by molar-refractivity contribution is 5.89. The van der Waals surface area contributed by atoms with Gasteiger partial charge in [-0.05, 0) is 18.6 Å². The van der Waals surface area contributed by atoms with Crippen LogP contribution in [0.25, 0.3) is 0 Å². The van der Waals surface area contributed by atoms with Crippen LogP contribution < -0.4 is 10.6 Å². The summed E-state index contributed by atoms with van der Waals surface area (Å²) >= 11 is 0. The van der Waals surface area contributed by atoms with Crippen LogP contribution in [0.3, 0.4) is 0 Å². The fourth-order valence-electron chi connectivity index (χ4n) is 1.40. The summed E-state index contributed by atoms with van der Waals surface area (Å²) in [6, 6.07) is 2.55. The Labute approximate surface area is 109 Å². The summed E-state index contributed by atoms with van der Waals surface area (Å²) in [6.45, 7) is 0.317. The summed E-state index contributed by atoms with van der Waals surface area (Å²) in [6.07, 6.45) is -0.420. The molecule has 0 heterocycles. The highest BCUT2D eigenvalue weighted by Gasteiger charge is 2.11. The number of rotatable bonds is 6. The Balaban J connectivity index is 2.39. The van der Waals surface area contributed by atoms with Crippen LogP contribution in [0.15, 0.2) is 18.2 Å². The Hall–Kier alpha value is -1.73. The molecule has 106 valence electrons. The number of methoxy groups -OCH3 is 1. The van der Waals surface area contributed by atoms with Crippen LogP contribution in [-0.2, 0) is 4.74 Å². The number of ether oxygens (including phenoxy) is 1. The van der Waals surface area contributed by atoms with Crippen LogP contribution in [-0.4, -0.2) is 37.5 Å². The van der Waals surface area contributed by atoms with Gasteiger partial charge in [0.2, 0.25) is 0 Å². The van der Waals surface area contributed by atoms with Gasteiger partial charge in [-0.1, -0.05) is 6.07 Å². The first-order valence-corrected chi connectivity index (χ1v) is 5.70. The molecule has 0 radical (unpaired) electrons. The van der Waals surface area contributed by atoms with Crippen molar-refractivity contribution in [1.29, 1.82) is 0 Å². The van der Waals surface area contributed by atoms with E-state index in [0.29, 0.717) is 0 Å². The zero-order chi connectivity index (χ0) is 14.3. The van der Waals surface area contributed by atoms with Gasteiger partial charge >= 0.3 is 6.03 Å². The number of urea groups is 1. The molecule has 5 nitrogen and oxygen atoms in total. The maximum absolute atomic E-state index is 13.2. The van der Waals surface area contributed by atoms with Crippen molar-refractivity contribution >= 4 is 11.7 Å². The zero-order valence-corrected chi connectivity index (χ0v) is 10.5. The van der Waals surface area contributed by atoms with E-state index in [2.05, 4.69) is 10.6 Å². The molecule has 3 N–H and O–H groups in total. The molecule has 0 aromatic heterocycles. The lowest BCUT2D eigenvalue weighted by Crippen LogP contribution is -2.32. The number of carbonyl (C=O) groups excluding carboxylic acids is 1. The summed E-state index contributed by atoms with van der Waals surface area (Å²) in [4.78, 5) is 11.4. The lowest BCUT2D eigenvalue weighted by molar-refractivity contribution is 0.0599. The number of carbonyl (C=O) groups is 1. The van der Waals surface area contributed by atoms with Gasteiger partial charge in [-0.3, -0.25) is 0 Å². The minimum atomic E-state index is -0.852. The standard InChI is InChI=1S/C12H16F2N2O3/c1-19-7-8(17)5-6-15-12(18)16-11-9(13)3-2-4-10(11)14/h2-4,8,17H,5-7H2,1H3,(H2,15,16,18). The Kier molecular flexibility index (Phi) is 6.17. The van der Waals surface area contributed by atoms with Crippen molar-refractivity contribution in [2.24, 2.45) is 0 Å². The molecule has 19 heavy (non-hydrogen) atoms. The van der Waals surface area contributed by atoms with Crippen LogP contribution in [0.1, 0.15) is 6.42 Å². The second-order valence-electron chi connectivity index (χ2n) is 3.88. The van der Waals surface area contributed by atoms with E-state index < -0.39 is 29.5 Å². The predicted molar refractivity (Wildman–Crippen MR) is 65.9 cm³/mol. The Morgan fingerprint density at radius 2 is 2.05 bits per heavy atom. The van der Waals surface area contributed by atoms with E-state index in [9.17, 15) is 18.7 Å². The average molecular weight is 274 g/mol.